The van der Waals surface area contributed by atoms with Gasteiger partial charge in [-0.2, -0.15) is 5.10 Å². The fourth-order valence-corrected chi connectivity index (χ4v) is 3.96. The Morgan fingerprint density at radius 3 is 2.66 bits per heavy atom. The maximum atomic E-state index is 11.5. The maximum absolute atomic E-state index is 11.5. The molecule has 0 bridgehead atoms. The molecule has 1 N–H and O–H groups in total. The molecule has 1 aliphatic rings. The van der Waals surface area contributed by atoms with Crippen molar-refractivity contribution < 1.29 is 9.53 Å². The summed E-state index contributed by atoms with van der Waals surface area (Å²) < 4.78 is 8.09. The Morgan fingerprint density at radius 1 is 1.06 bits per heavy atom. The van der Waals surface area contributed by atoms with E-state index in [9.17, 15) is 4.79 Å². The van der Waals surface area contributed by atoms with Crippen molar-refractivity contribution >= 4 is 16.9 Å². The molecule has 0 spiro atoms. The van der Waals surface area contributed by atoms with E-state index in [4.69, 9.17) is 4.74 Å². The highest BCUT2D eigenvalue weighted by Crippen LogP contribution is 2.25. The highest BCUT2D eigenvalue weighted by molar-refractivity contribution is 5.77. The largest absolute Gasteiger partial charge is 0.439 e. The van der Waals surface area contributed by atoms with Crippen LogP contribution in [0, 0.1) is 0 Å². The quantitative estimate of drug-likeness (QED) is 0.505. The lowest BCUT2D eigenvalue weighted by atomic mass is 10.2. The van der Waals surface area contributed by atoms with Crippen LogP contribution in [0.5, 0.6) is 11.6 Å². The standard InChI is InChI=1S/C23H25N7O2/c1-17(31)29-11-8-28(9-12-29)10-13-30-16-25-21-14-19(3-4-22(21)30)32-23-5-2-18(15-24-23)20-6-7-26-27-20/h2-7,14-16H,8-13H2,1H3,(H,26,27). The Labute approximate surface area is 185 Å². The molecule has 0 aliphatic carbocycles. The zero-order valence-corrected chi connectivity index (χ0v) is 17.9. The lowest BCUT2D eigenvalue weighted by Crippen LogP contribution is -2.48. The highest BCUT2D eigenvalue weighted by atomic mass is 16.5. The molecule has 3 aromatic heterocycles. The normalized spacial score (nSPS) is 14.7. The van der Waals surface area contributed by atoms with Crippen LogP contribution in [0.1, 0.15) is 6.92 Å². The minimum absolute atomic E-state index is 0.159. The summed E-state index contributed by atoms with van der Waals surface area (Å²) in [6, 6.07) is 11.6. The molecule has 164 valence electrons. The second kappa shape index (κ2) is 8.80. The average Bonchev–Trinajstić information content (AvgIpc) is 3.49. The number of imidazole rings is 1. The molecule has 0 radical (unpaired) electrons. The fraction of sp³-hybridized carbons (Fsp3) is 0.304. The second-order valence-corrected chi connectivity index (χ2v) is 7.89. The van der Waals surface area contributed by atoms with Gasteiger partial charge in [0.2, 0.25) is 11.8 Å². The van der Waals surface area contributed by atoms with Gasteiger partial charge in [0.15, 0.2) is 0 Å². The van der Waals surface area contributed by atoms with E-state index in [-0.39, 0.29) is 5.91 Å². The van der Waals surface area contributed by atoms with Crippen LogP contribution in [-0.2, 0) is 11.3 Å². The van der Waals surface area contributed by atoms with Crippen molar-refractivity contribution in [1.29, 1.82) is 0 Å². The monoisotopic (exact) mass is 431 g/mol. The van der Waals surface area contributed by atoms with Gasteiger partial charge in [-0.25, -0.2) is 9.97 Å². The summed E-state index contributed by atoms with van der Waals surface area (Å²) in [6.07, 6.45) is 5.34. The zero-order chi connectivity index (χ0) is 21.9. The molecule has 5 rings (SSSR count). The number of carbonyl (C=O) groups excluding carboxylic acids is 1. The number of ether oxygens (including phenoxy) is 1. The van der Waals surface area contributed by atoms with Gasteiger partial charge in [-0.15, -0.1) is 0 Å². The first-order valence-corrected chi connectivity index (χ1v) is 10.7. The molecule has 1 saturated heterocycles. The smallest absolute Gasteiger partial charge is 0.219 e. The van der Waals surface area contributed by atoms with Crippen molar-refractivity contribution in [3.63, 3.8) is 0 Å². The topological polar surface area (TPSA) is 92.2 Å². The molecular formula is C23H25N7O2. The number of aromatic nitrogens is 5. The number of nitrogens with zero attached hydrogens (tertiary/aromatic N) is 6. The van der Waals surface area contributed by atoms with E-state index < -0.39 is 0 Å². The number of aromatic amines is 1. The Kier molecular flexibility index (Phi) is 5.55. The first-order valence-electron chi connectivity index (χ1n) is 10.7. The van der Waals surface area contributed by atoms with Gasteiger partial charge in [0.1, 0.15) is 5.75 Å². The third-order valence-corrected chi connectivity index (χ3v) is 5.84. The van der Waals surface area contributed by atoms with Gasteiger partial charge in [-0.05, 0) is 24.3 Å². The van der Waals surface area contributed by atoms with Gasteiger partial charge in [0, 0.05) is 76.3 Å². The maximum Gasteiger partial charge on any atom is 0.219 e. The van der Waals surface area contributed by atoms with Crippen molar-refractivity contribution in [2.45, 2.75) is 13.5 Å². The van der Waals surface area contributed by atoms with E-state index in [0.29, 0.717) is 11.6 Å². The number of hydrogen-bond donors (Lipinski definition) is 1. The summed E-state index contributed by atoms with van der Waals surface area (Å²) in [5.74, 6) is 1.38. The molecule has 4 heterocycles. The first-order chi connectivity index (χ1) is 15.7. The molecule has 1 fully saturated rings. The number of benzene rings is 1. The Bertz CT molecular complexity index is 1190. The van der Waals surface area contributed by atoms with Crippen molar-refractivity contribution in [2.75, 3.05) is 32.7 Å². The van der Waals surface area contributed by atoms with E-state index in [1.54, 1.807) is 19.3 Å². The third kappa shape index (κ3) is 4.33. The van der Waals surface area contributed by atoms with Crippen molar-refractivity contribution in [1.82, 2.24) is 34.5 Å². The molecule has 0 saturated carbocycles. The van der Waals surface area contributed by atoms with Crippen molar-refractivity contribution in [2.24, 2.45) is 0 Å². The summed E-state index contributed by atoms with van der Waals surface area (Å²) in [7, 11) is 0. The van der Waals surface area contributed by atoms with Crippen LogP contribution in [0.15, 0.2) is 55.1 Å². The number of nitrogens with one attached hydrogen (secondary N) is 1. The SMILES string of the molecule is CC(=O)N1CCN(CCn2cnc3cc(Oc4ccc(-c5ccn[nH]5)cn4)ccc32)CC1. The van der Waals surface area contributed by atoms with E-state index in [0.717, 1.165) is 61.6 Å². The minimum Gasteiger partial charge on any atom is -0.439 e. The molecule has 1 aliphatic heterocycles. The summed E-state index contributed by atoms with van der Waals surface area (Å²) in [5, 5.41) is 6.88. The summed E-state index contributed by atoms with van der Waals surface area (Å²) in [4.78, 5) is 24.7. The van der Waals surface area contributed by atoms with Gasteiger partial charge in [-0.3, -0.25) is 14.8 Å². The van der Waals surface area contributed by atoms with E-state index in [2.05, 4.69) is 29.6 Å². The van der Waals surface area contributed by atoms with Crippen LogP contribution in [0.3, 0.4) is 0 Å². The Hall–Kier alpha value is -3.72. The fourth-order valence-electron chi connectivity index (χ4n) is 3.96. The van der Waals surface area contributed by atoms with Gasteiger partial charge in [-0.1, -0.05) is 0 Å². The minimum atomic E-state index is 0.159. The van der Waals surface area contributed by atoms with Crippen molar-refractivity contribution in [3.05, 3.63) is 55.1 Å². The van der Waals surface area contributed by atoms with E-state index in [1.165, 1.54) is 0 Å². The van der Waals surface area contributed by atoms with Gasteiger partial charge < -0.3 is 14.2 Å². The van der Waals surface area contributed by atoms with E-state index in [1.807, 2.05) is 47.6 Å². The predicted molar refractivity (Wildman–Crippen MR) is 120 cm³/mol. The molecule has 9 heteroatoms. The summed E-state index contributed by atoms with van der Waals surface area (Å²) in [5.41, 5.74) is 3.82. The number of piperazine rings is 1. The molecule has 32 heavy (non-hydrogen) atoms. The molecule has 0 unspecified atom stereocenters. The highest BCUT2D eigenvalue weighted by Gasteiger charge is 2.18. The van der Waals surface area contributed by atoms with Crippen LogP contribution in [0.2, 0.25) is 0 Å². The Balaban J connectivity index is 1.21. The first kappa shape index (κ1) is 20.2. The molecule has 1 aromatic carbocycles. The lowest BCUT2D eigenvalue weighted by molar-refractivity contribution is -0.130. The molecule has 4 aromatic rings. The van der Waals surface area contributed by atoms with Gasteiger partial charge in [0.05, 0.1) is 23.1 Å². The number of rotatable bonds is 6. The van der Waals surface area contributed by atoms with Crippen LogP contribution >= 0.6 is 0 Å². The van der Waals surface area contributed by atoms with Crippen LogP contribution in [0.4, 0.5) is 0 Å². The molecule has 0 atom stereocenters. The second-order valence-electron chi connectivity index (χ2n) is 7.89. The molecular weight excluding hydrogens is 406 g/mol. The van der Waals surface area contributed by atoms with Crippen LogP contribution in [0.25, 0.3) is 22.3 Å². The summed E-state index contributed by atoms with van der Waals surface area (Å²) >= 11 is 0. The number of pyridine rings is 1. The Morgan fingerprint density at radius 2 is 1.94 bits per heavy atom. The van der Waals surface area contributed by atoms with Gasteiger partial charge >= 0.3 is 0 Å². The average molecular weight is 432 g/mol. The number of fused-ring (bicyclic) bond motifs is 1. The van der Waals surface area contributed by atoms with Crippen LogP contribution < -0.4 is 4.74 Å². The number of amides is 1. The van der Waals surface area contributed by atoms with E-state index >= 15 is 0 Å². The lowest BCUT2D eigenvalue weighted by Gasteiger charge is -2.34. The summed E-state index contributed by atoms with van der Waals surface area (Å²) in [6.45, 7) is 6.86. The molecule has 9 nitrogen and oxygen atoms in total. The molecule has 1 amide bonds. The van der Waals surface area contributed by atoms with Crippen molar-refractivity contribution in [3.8, 4) is 22.9 Å². The zero-order valence-electron chi connectivity index (χ0n) is 17.9. The predicted octanol–water partition coefficient (Wildman–Crippen LogP) is 2.78. The van der Waals surface area contributed by atoms with Crippen LogP contribution in [-0.4, -0.2) is 73.2 Å². The number of carbonyl (C=O) groups is 1. The third-order valence-electron chi connectivity index (χ3n) is 5.84. The number of hydrogen-bond acceptors (Lipinski definition) is 6. The number of H-pyrrole nitrogens is 1. The van der Waals surface area contributed by atoms with Gasteiger partial charge in [0.25, 0.3) is 0 Å².